The minimum atomic E-state index is -1.11. The number of aryl methyl sites for hydroxylation is 1. The maximum absolute atomic E-state index is 11.8. The van der Waals surface area contributed by atoms with Crippen molar-refractivity contribution in [3.8, 4) is 12.3 Å². The van der Waals surface area contributed by atoms with E-state index in [0.29, 0.717) is 0 Å². The molecule has 0 fully saturated rings. The largest absolute Gasteiger partial charge is 0.480 e. The lowest BCUT2D eigenvalue weighted by Crippen LogP contribution is -2.36. The third-order valence-electron chi connectivity index (χ3n) is 1.82. The molecule has 0 unspecified atom stereocenters. The lowest BCUT2D eigenvalue weighted by atomic mass is 10.3. The number of hydrogen-bond donors (Lipinski definition) is 2. The van der Waals surface area contributed by atoms with Gasteiger partial charge in [0.15, 0.2) is 0 Å². The van der Waals surface area contributed by atoms with Crippen LogP contribution in [0.5, 0.6) is 0 Å². The molecule has 1 amide bonds. The fraction of sp³-hybridized carbons (Fsp3) is 0.300. The number of aromatic nitrogens is 2. The summed E-state index contributed by atoms with van der Waals surface area (Å²) in [5.41, 5.74) is 0.883. The van der Waals surface area contributed by atoms with Crippen LogP contribution in [0.2, 0.25) is 0 Å². The van der Waals surface area contributed by atoms with Crippen molar-refractivity contribution in [3.63, 3.8) is 0 Å². The lowest BCUT2D eigenvalue weighted by molar-refractivity contribution is -0.137. The van der Waals surface area contributed by atoms with E-state index >= 15 is 0 Å². The Bertz CT molecular complexity index is 444. The van der Waals surface area contributed by atoms with Crippen molar-refractivity contribution in [2.24, 2.45) is 0 Å². The summed E-state index contributed by atoms with van der Waals surface area (Å²) >= 11 is 0. The Hall–Kier alpha value is -2.29. The summed E-state index contributed by atoms with van der Waals surface area (Å²) in [6.45, 7) is 1.25. The topological polar surface area (TPSA) is 86.3 Å². The van der Waals surface area contributed by atoms with Gasteiger partial charge in [0.2, 0.25) is 0 Å². The standard InChI is InChI=1S/C10H11N3O3/c1-3-4-13(6-9(14)15)10(16)8-5-7(2)11-12-8/h1,5H,4,6H2,2H3,(H,11,12)(H,14,15). The highest BCUT2D eigenvalue weighted by atomic mass is 16.4. The first-order chi connectivity index (χ1) is 7.54. The number of carbonyl (C=O) groups is 2. The first-order valence-corrected chi connectivity index (χ1v) is 4.51. The van der Waals surface area contributed by atoms with Crippen molar-refractivity contribution in [1.29, 1.82) is 0 Å². The highest BCUT2D eigenvalue weighted by Gasteiger charge is 2.19. The van der Waals surface area contributed by atoms with E-state index in [1.165, 1.54) is 6.07 Å². The van der Waals surface area contributed by atoms with E-state index in [9.17, 15) is 9.59 Å². The van der Waals surface area contributed by atoms with Crippen LogP contribution in [0.1, 0.15) is 16.2 Å². The summed E-state index contributed by atoms with van der Waals surface area (Å²) in [6, 6.07) is 1.54. The Morgan fingerprint density at radius 2 is 2.38 bits per heavy atom. The van der Waals surface area contributed by atoms with Crippen LogP contribution < -0.4 is 0 Å². The summed E-state index contributed by atoms with van der Waals surface area (Å²) in [6.07, 6.45) is 5.06. The number of amides is 1. The van der Waals surface area contributed by atoms with Gasteiger partial charge in [-0.2, -0.15) is 5.10 Å². The number of carboxylic acid groups (broad SMARTS) is 1. The van der Waals surface area contributed by atoms with Gasteiger partial charge in [-0.1, -0.05) is 5.92 Å². The van der Waals surface area contributed by atoms with Crippen LogP contribution in [0.4, 0.5) is 0 Å². The lowest BCUT2D eigenvalue weighted by Gasteiger charge is -2.15. The average molecular weight is 221 g/mol. The zero-order valence-corrected chi connectivity index (χ0v) is 8.73. The number of aromatic amines is 1. The highest BCUT2D eigenvalue weighted by Crippen LogP contribution is 2.03. The maximum Gasteiger partial charge on any atom is 0.323 e. The number of H-pyrrole nitrogens is 1. The molecule has 1 aromatic heterocycles. The molecule has 16 heavy (non-hydrogen) atoms. The van der Waals surface area contributed by atoms with Crippen molar-refractivity contribution >= 4 is 11.9 Å². The number of carbonyl (C=O) groups excluding carboxylic acids is 1. The van der Waals surface area contributed by atoms with Gasteiger partial charge in [-0.15, -0.1) is 6.42 Å². The Labute approximate surface area is 92.3 Å². The second-order valence-electron chi connectivity index (χ2n) is 3.20. The molecule has 6 nitrogen and oxygen atoms in total. The van der Waals surface area contributed by atoms with Gasteiger partial charge in [0.25, 0.3) is 5.91 Å². The Kier molecular flexibility index (Phi) is 3.67. The molecule has 1 rings (SSSR count). The van der Waals surface area contributed by atoms with Crippen molar-refractivity contribution in [2.75, 3.05) is 13.1 Å². The summed E-state index contributed by atoms with van der Waals surface area (Å²) in [5.74, 6) is 0.624. The molecule has 0 aliphatic heterocycles. The van der Waals surface area contributed by atoms with E-state index < -0.39 is 18.4 Å². The highest BCUT2D eigenvalue weighted by molar-refractivity contribution is 5.94. The van der Waals surface area contributed by atoms with E-state index in [1.807, 2.05) is 0 Å². The number of terminal acetylenes is 1. The van der Waals surface area contributed by atoms with Gasteiger partial charge in [-0.25, -0.2) is 0 Å². The molecule has 0 bridgehead atoms. The molecule has 0 radical (unpaired) electrons. The fourth-order valence-electron chi connectivity index (χ4n) is 1.16. The third kappa shape index (κ3) is 2.85. The molecule has 0 saturated heterocycles. The van der Waals surface area contributed by atoms with E-state index in [2.05, 4.69) is 16.1 Å². The Morgan fingerprint density at radius 3 is 2.81 bits per heavy atom. The summed E-state index contributed by atoms with van der Waals surface area (Å²) in [7, 11) is 0. The molecule has 0 spiro atoms. The molecule has 1 aromatic rings. The first kappa shape index (κ1) is 11.8. The number of nitrogens with one attached hydrogen (secondary N) is 1. The van der Waals surface area contributed by atoms with Crippen LogP contribution in [-0.4, -0.2) is 45.2 Å². The molecular weight excluding hydrogens is 210 g/mol. The molecule has 84 valence electrons. The average Bonchev–Trinajstić information content (AvgIpc) is 2.62. The van der Waals surface area contributed by atoms with Gasteiger partial charge in [0.1, 0.15) is 12.2 Å². The van der Waals surface area contributed by atoms with Crippen LogP contribution in [0.3, 0.4) is 0 Å². The minimum absolute atomic E-state index is 0.0585. The van der Waals surface area contributed by atoms with E-state index in [-0.39, 0.29) is 12.2 Å². The minimum Gasteiger partial charge on any atom is -0.480 e. The van der Waals surface area contributed by atoms with Gasteiger partial charge in [-0.3, -0.25) is 14.7 Å². The molecule has 1 heterocycles. The summed E-state index contributed by atoms with van der Waals surface area (Å²) < 4.78 is 0. The number of rotatable bonds is 4. The molecule has 0 atom stereocenters. The van der Waals surface area contributed by atoms with E-state index in [4.69, 9.17) is 11.5 Å². The second kappa shape index (κ2) is 4.98. The van der Waals surface area contributed by atoms with E-state index in [1.54, 1.807) is 6.92 Å². The van der Waals surface area contributed by atoms with Crippen LogP contribution in [0.15, 0.2) is 6.07 Å². The third-order valence-corrected chi connectivity index (χ3v) is 1.82. The van der Waals surface area contributed by atoms with Crippen LogP contribution in [0, 0.1) is 19.3 Å². The fourth-order valence-corrected chi connectivity index (χ4v) is 1.16. The number of nitrogens with zero attached hydrogens (tertiary/aromatic N) is 2. The zero-order valence-electron chi connectivity index (χ0n) is 8.73. The molecule has 0 aliphatic rings. The molecule has 0 aliphatic carbocycles. The zero-order chi connectivity index (χ0) is 12.1. The SMILES string of the molecule is C#CCN(CC(=O)O)C(=O)c1cc(C)[nH]n1. The van der Waals surface area contributed by atoms with Gasteiger partial charge in [0.05, 0.1) is 6.54 Å². The van der Waals surface area contributed by atoms with Crippen LogP contribution >= 0.6 is 0 Å². The summed E-state index contributed by atoms with van der Waals surface area (Å²) in [5, 5.41) is 15.0. The number of hydrogen-bond acceptors (Lipinski definition) is 3. The monoisotopic (exact) mass is 221 g/mol. The smallest absolute Gasteiger partial charge is 0.323 e. The predicted molar refractivity (Wildman–Crippen MR) is 55.7 cm³/mol. The Morgan fingerprint density at radius 1 is 1.69 bits per heavy atom. The van der Waals surface area contributed by atoms with Crippen LogP contribution in [0.25, 0.3) is 0 Å². The van der Waals surface area contributed by atoms with Crippen LogP contribution in [-0.2, 0) is 4.79 Å². The Balaban J connectivity index is 2.83. The van der Waals surface area contributed by atoms with Gasteiger partial charge in [0, 0.05) is 5.69 Å². The second-order valence-corrected chi connectivity index (χ2v) is 3.20. The van der Waals surface area contributed by atoms with E-state index in [0.717, 1.165) is 10.6 Å². The maximum atomic E-state index is 11.8. The quantitative estimate of drug-likeness (QED) is 0.694. The predicted octanol–water partition coefficient (Wildman–Crippen LogP) is -0.122. The number of carboxylic acids is 1. The van der Waals surface area contributed by atoms with Crippen molar-refractivity contribution in [3.05, 3.63) is 17.5 Å². The van der Waals surface area contributed by atoms with Crippen molar-refractivity contribution in [2.45, 2.75) is 6.92 Å². The summed E-state index contributed by atoms with van der Waals surface area (Å²) in [4.78, 5) is 23.3. The number of aliphatic carboxylic acids is 1. The van der Waals surface area contributed by atoms with Gasteiger partial charge < -0.3 is 10.0 Å². The van der Waals surface area contributed by atoms with Crippen molar-refractivity contribution < 1.29 is 14.7 Å². The van der Waals surface area contributed by atoms with Crippen molar-refractivity contribution in [1.82, 2.24) is 15.1 Å². The molecule has 2 N–H and O–H groups in total. The molecular formula is C10H11N3O3. The van der Waals surface area contributed by atoms with Gasteiger partial charge >= 0.3 is 5.97 Å². The molecule has 0 saturated carbocycles. The van der Waals surface area contributed by atoms with Gasteiger partial charge in [-0.05, 0) is 13.0 Å². The first-order valence-electron chi connectivity index (χ1n) is 4.51. The normalized spacial score (nSPS) is 9.50. The molecule has 6 heteroatoms. The molecule has 0 aromatic carbocycles.